The molecule has 2 aromatic carbocycles. The summed E-state index contributed by atoms with van der Waals surface area (Å²) in [6.07, 6.45) is 4.90. The van der Waals surface area contributed by atoms with Gasteiger partial charge in [0.15, 0.2) is 11.5 Å². The van der Waals surface area contributed by atoms with E-state index >= 15 is 0 Å². The zero-order valence-corrected chi connectivity index (χ0v) is 22.3. The van der Waals surface area contributed by atoms with Gasteiger partial charge in [-0.1, -0.05) is 17.7 Å². The Labute approximate surface area is 227 Å². The van der Waals surface area contributed by atoms with Crippen LogP contribution in [0.2, 0.25) is 5.02 Å². The van der Waals surface area contributed by atoms with E-state index in [9.17, 15) is 4.79 Å². The molecule has 0 radical (unpaired) electrons. The van der Waals surface area contributed by atoms with Gasteiger partial charge in [0.1, 0.15) is 18.0 Å². The number of halogens is 1. The van der Waals surface area contributed by atoms with Crippen molar-refractivity contribution in [3.05, 3.63) is 59.4 Å². The lowest BCUT2D eigenvalue weighted by atomic mass is 9.95. The second-order valence-corrected chi connectivity index (χ2v) is 10.0. The number of ether oxygens (including phenoxy) is 2. The maximum atomic E-state index is 12.7. The summed E-state index contributed by atoms with van der Waals surface area (Å²) in [7, 11) is 1.62. The van der Waals surface area contributed by atoms with E-state index in [2.05, 4.69) is 36.9 Å². The molecule has 3 aliphatic rings. The molecule has 9 nitrogen and oxygen atoms in total. The Morgan fingerprint density at radius 2 is 1.84 bits per heavy atom. The molecular formula is C28H33ClN6O3. The molecular weight excluding hydrogens is 504 g/mol. The fraction of sp³-hybridized carbons (Fsp3) is 0.393. The van der Waals surface area contributed by atoms with Crippen LogP contribution in [0.5, 0.6) is 11.5 Å². The lowest BCUT2D eigenvalue weighted by molar-refractivity contribution is -0.126. The molecule has 1 amide bonds. The number of carbonyl (C=O) groups is 1. The van der Waals surface area contributed by atoms with Gasteiger partial charge < -0.3 is 25.4 Å². The van der Waals surface area contributed by atoms with E-state index in [0.29, 0.717) is 41.3 Å². The van der Waals surface area contributed by atoms with Gasteiger partial charge in [0, 0.05) is 36.8 Å². The minimum absolute atomic E-state index is 0.0676. The van der Waals surface area contributed by atoms with Crippen LogP contribution < -0.4 is 25.4 Å². The van der Waals surface area contributed by atoms with Crippen LogP contribution in [0.3, 0.4) is 0 Å². The number of methoxy groups -OCH3 is 1. The van der Waals surface area contributed by atoms with Gasteiger partial charge in [-0.3, -0.25) is 9.69 Å². The lowest BCUT2D eigenvalue weighted by Crippen LogP contribution is -2.40. The summed E-state index contributed by atoms with van der Waals surface area (Å²) in [5, 5.41) is 10.4. The molecule has 8 bridgehead atoms. The highest BCUT2D eigenvalue weighted by Gasteiger charge is 2.25. The highest BCUT2D eigenvalue weighted by atomic mass is 35.5. The topological polar surface area (TPSA) is 101 Å². The standard InChI is InChI=1S/C28H33ClN6O3/c1-37-24-7-5-21-15-25(24)38-13-3-2-10-30-28(36)20-8-11-35(12-9-20)17-19-4-6-22(29)23(14-19)34-27-16-26(33-21)31-18-32-27/h4-7,14-16,18,20H,2-3,8-13,17H2,1H3,(H,30,36)(H2,31,32,33,34). The zero-order chi connectivity index (χ0) is 26.3. The molecule has 200 valence electrons. The van der Waals surface area contributed by atoms with Crippen LogP contribution in [0.15, 0.2) is 48.8 Å². The number of aromatic nitrogens is 2. The maximum absolute atomic E-state index is 12.7. The molecule has 38 heavy (non-hydrogen) atoms. The number of rotatable bonds is 1. The van der Waals surface area contributed by atoms with Crippen LogP contribution in [0.1, 0.15) is 31.2 Å². The SMILES string of the molecule is COc1ccc2cc1OCCCCNC(=O)C1CCN(CC1)Cc1ccc(Cl)c(c1)Nc1cc(ncn1)N2. The fourth-order valence-electron chi connectivity index (χ4n) is 4.79. The molecule has 3 N–H and O–H groups in total. The summed E-state index contributed by atoms with van der Waals surface area (Å²) < 4.78 is 11.5. The predicted octanol–water partition coefficient (Wildman–Crippen LogP) is 5.13. The number of piperidine rings is 1. The Bertz CT molecular complexity index is 1270. The number of nitrogens with zero attached hydrogens (tertiary/aromatic N) is 3. The number of fused-ring (bicyclic) bond motifs is 8. The summed E-state index contributed by atoms with van der Waals surface area (Å²) in [6.45, 7) is 3.75. The van der Waals surface area contributed by atoms with Gasteiger partial charge in [-0.15, -0.1) is 0 Å². The van der Waals surface area contributed by atoms with Crippen LogP contribution in [0.25, 0.3) is 0 Å². The molecule has 0 atom stereocenters. The molecule has 0 saturated carbocycles. The van der Waals surface area contributed by atoms with Gasteiger partial charge in [0.2, 0.25) is 5.91 Å². The van der Waals surface area contributed by atoms with Crippen molar-refractivity contribution in [3.63, 3.8) is 0 Å². The van der Waals surface area contributed by atoms with E-state index in [-0.39, 0.29) is 11.8 Å². The molecule has 3 aliphatic heterocycles. The van der Waals surface area contributed by atoms with E-state index in [4.69, 9.17) is 21.1 Å². The van der Waals surface area contributed by atoms with Gasteiger partial charge >= 0.3 is 0 Å². The number of nitrogens with one attached hydrogen (secondary N) is 3. The minimum atomic E-state index is 0.0676. The molecule has 3 aromatic rings. The molecule has 10 heteroatoms. The van der Waals surface area contributed by atoms with Crippen molar-refractivity contribution in [2.45, 2.75) is 32.2 Å². The normalized spacial score (nSPS) is 20.3. The van der Waals surface area contributed by atoms with Crippen molar-refractivity contribution >= 4 is 40.5 Å². The molecule has 1 saturated heterocycles. The van der Waals surface area contributed by atoms with Gasteiger partial charge in [-0.25, -0.2) is 9.97 Å². The Hall–Kier alpha value is -3.56. The first-order valence-electron chi connectivity index (χ1n) is 13.0. The maximum Gasteiger partial charge on any atom is 0.223 e. The van der Waals surface area contributed by atoms with Crippen molar-refractivity contribution in [1.82, 2.24) is 20.2 Å². The number of hydrogen-bond acceptors (Lipinski definition) is 8. The lowest BCUT2D eigenvalue weighted by Gasteiger charge is -2.31. The van der Waals surface area contributed by atoms with Crippen LogP contribution in [-0.2, 0) is 11.3 Å². The molecule has 0 spiro atoms. The van der Waals surface area contributed by atoms with Crippen LogP contribution in [0.4, 0.5) is 23.0 Å². The molecule has 0 unspecified atom stereocenters. The Morgan fingerprint density at radius 3 is 2.66 bits per heavy atom. The number of amides is 1. The second-order valence-electron chi connectivity index (χ2n) is 9.62. The molecule has 0 aliphatic carbocycles. The number of hydrogen-bond donors (Lipinski definition) is 3. The Balaban J connectivity index is 1.39. The number of benzene rings is 2. The molecule has 4 heterocycles. The Kier molecular flexibility index (Phi) is 8.45. The fourth-order valence-corrected chi connectivity index (χ4v) is 4.96. The molecule has 1 fully saturated rings. The first-order chi connectivity index (χ1) is 18.6. The quantitative estimate of drug-likeness (QED) is 0.394. The Morgan fingerprint density at radius 1 is 1.03 bits per heavy atom. The minimum Gasteiger partial charge on any atom is -0.493 e. The van der Waals surface area contributed by atoms with Crippen molar-refractivity contribution in [1.29, 1.82) is 0 Å². The van der Waals surface area contributed by atoms with Crippen molar-refractivity contribution < 1.29 is 14.3 Å². The van der Waals surface area contributed by atoms with E-state index < -0.39 is 0 Å². The smallest absolute Gasteiger partial charge is 0.223 e. The average molecular weight is 537 g/mol. The van der Waals surface area contributed by atoms with Gasteiger partial charge in [-0.05, 0) is 68.6 Å². The molecule has 6 rings (SSSR count). The van der Waals surface area contributed by atoms with E-state index in [1.54, 1.807) is 7.11 Å². The highest BCUT2D eigenvalue weighted by Crippen LogP contribution is 2.32. The summed E-state index contributed by atoms with van der Waals surface area (Å²) in [6, 6.07) is 13.5. The van der Waals surface area contributed by atoms with Crippen molar-refractivity contribution in [2.24, 2.45) is 5.92 Å². The van der Waals surface area contributed by atoms with Crippen molar-refractivity contribution in [3.8, 4) is 11.5 Å². The number of carbonyl (C=O) groups excluding carboxylic acids is 1. The summed E-state index contributed by atoms with van der Waals surface area (Å²) in [5.41, 5.74) is 2.73. The first kappa shape index (κ1) is 26.1. The summed E-state index contributed by atoms with van der Waals surface area (Å²) >= 11 is 6.52. The third kappa shape index (κ3) is 6.65. The zero-order valence-electron chi connectivity index (χ0n) is 21.5. The van der Waals surface area contributed by atoms with Crippen LogP contribution in [-0.4, -0.2) is 54.1 Å². The van der Waals surface area contributed by atoms with E-state index in [1.807, 2.05) is 36.4 Å². The third-order valence-electron chi connectivity index (χ3n) is 6.89. The van der Waals surface area contributed by atoms with Crippen LogP contribution in [0, 0.1) is 5.92 Å². The first-order valence-corrected chi connectivity index (χ1v) is 13.4. The van der Waals surface area contributed by atoms with Crippen LogP contribution >= 0.6 is 11.6 Å². The second kappa shape index (κ2) is 12.3. The van der Waals surface area contributed by atoms with E-state index in [1.165, 1.54) is 6.33 Å². The van der Waals surface area contributed by atoms with Crippen molar-refractivity contribution in [2.75, 3.05) is 44.0 Å². The molecule has 1 aromatic heterocycles. The van der Waals surface area contributed by atoms with Gasteiger partial charge in [-0.2, -0.15) is 0 Å². The number of anilines is 4. The monoisotopic (exact) mass is 536 g/mol. The largest absolute Gasteiger partial charge is 0.493 e. The van der Waals surface area contributed by atoms with E-state index in [0.717, 1.165) is 62.3 Å². The average Bonchev–Trinajstić information content (AvgIpc) is 2.93. The highest BCUT2D eigenvalue weighted by molar-refractivity contribution is 6.33. The predicted molar refractivity (Wildman–Crippen MR) is 149 cm³/mol. The van der Waals surface area contributed by atoms with Gasteiger partial charge in [0.25, 0.3) is 0 Å². The third-order valence-corrected chi connectivity index (χ3v) is 7.22. The van der Waals surface area contributed by atoms with Gasteiger partial charge in [0.05, 0.1) is 24.4 Å². The summed E-state index contributed by atoms with van der Waals surface area (Å²) in [4.78, 5) is 23.8. The summed E-state index contributed by atoms with van der Waals surface area (Å²) in [5.74, 6) is 2.77.